The molecule has 1 fully saturated rings. The summed E-state index contributed by atoms with van der Waals surface area (Å²) in [5.74, 6) is 1.14. The lowest BCUT2D eigenvalue weighted by Gasteiger charge is -2.12. The first-order chi connectivity index (χ1) is 13.8. The van der Waals surface area contributed by atoms with Gasteiger partial charge in [-0.05, 0) is 37.1 Å². The molecule has 4 rings (SSSR count). The van der Waals surface area contributed by atoms with Crippen LogP contribution in [0.3, 0.4) is 0 Å². The molecule has 2 heterocycles. The summed E-state index contributed by atoms with van der Waals surface area (Å²) in [4.78, 5) is 17.2. The van der Waals surface area contributed by atoms with Crippen LogP contribution in [0.2, 0.25) is 0 Å². The zero-order chi connectivity index (χ0) is 19.3. The molecule has 0 spiro atoms. The van der Waals surface area contributed by atoms with E-state index in [1.807, 2.05) is 36.4 Å². The van der Waals surface area contributed by atoms with Crippen molar-refractivity contribution in [3.63, 3.8) is 0 Å². The van der Waals surface area contributed by atoms with E-state index in [4.69, 9.17) is 14.0 Å². The number of aromatic nitrogens is 2. The highest BCUT2D eigenvalue weighted by Crippen LogP contribution is 2.30. The van der Waals surface area contributed by atoms with Gasteiger partial charge in [0, 0.05) is 13.2 Å². The van der Waals surface area contributed by atoms with Gasteiger partial charge in [0.25, 0.3) is 11.8 Å². The lowest BCUT2D eigenvalue weighted by Crippen LogP contribution is -2.32. The van der Waals surface area contributed by atoms with E-state index in [0.29, 0.717) is 29.2 Å². The van der Waals surface area contributed by atoms with Crippen molar-refractivity contribution in [2.24, 2.45) is 0 Å². The second-order valence-corrected chi connectivity index (χ2v) is 6.51. The molecule has 28 heavy (non-hydrogen) atoms. The average Bonchev–Trinajstić information content (AvgIpc) is 3.44. The highest BCUT2D eigenvalue weighted by molar-refractivity contribution is 6.00. The maximum atomic E-state index is 12.7. The van der Waals surface area contributed by atoms with Crippen LogP contribution in [0.25, 0.3) is 22.8 Å². The molecule has 1 atom stereocenters. The Morgan fingerprint density at radius 1 is 1.18 bits per heavy atom. The van der Waals surface area contributed by atoms with E-state index < -0.39 is 0 Å². The topological polar surface area (TPSA) is 86.5 Å². The molecule has 2 aromatic carbocycles. The van der Waals surface area contributed by atoms with Crippen molar-refractivity contribution in [2.45, 2.75) is 18.9 Å². The highest BCUT2D eigenvalue weighted by Gasteiger charge is 2.21. The summed E-state index contributed by atoms with van der Waals surface area (Å²) in [7, 11) is 1.59. The van der Waals surface area contributed by atoms with Crippen LogP contribution in [0.1, 0.15) is 23.2 Å². The number of carbonyl (C=O) groups is 1. The number of amides is 1. The van der Waals surface area contributed by atoms with Gasteiger partial charge in [-0.1, -0.05) is 29.4 Å². The molecule has 1 aromatic heterocycles. The third kappa shape index (κ3) is 3.75. The summed E-state index contributed by atoms with van der Waals surface area (Å²) in [6, 6.07) is 14.6. The predicted octanol–water partition coefficient (Wildman–Crippen LogP) is 3.32. The minimum Gasteiger partial charge on any atom is -0.496 e. The number of para-hydroxylation sites is 1. The molecular weight excluding hydrogens is 358 g/mol. The van der Waals surface area contributed by atoms with Crippen LogP contribution < -0.4 is 10.1 Å². The van der Waals surface area contributed by atoms with Gasteiger partial charge in [-0.3, -0.25) is 4.79 Å². The van der Waals surface area contributed by atoms with E-state index in [2.05, 4.69) is 15.5 Å². The number of nitrogens with one attached hydrogen (secondary N) is 1. The molecule has 1 amide bonds. The van der Waals surface area contributed by atoms with Crippen LogP contribution in [-0.4, -0.2) is 42.4 Å². The first-order valence-electron chi connectivity index (χ1n) is 9.22. The summed E-state index contributed by atoms with van der Waals surface area (Å²) in [5, 5.41) is 7.00. The standard InChI is InChI=1S/C21H21N3O4/c1-26-18-11-5-4-10-17(18)19-23-21(28-24-19)16-9-3-2-8-15(16)20(25)22-13-14-7-6-12-27-14/h2-5,8-11,14H,6-7,12-13H2,1H3,(H,22,25)/t14-/m1/s1. The Morgan fingerprint density at radius 3 is 2.75 bits per heavy atom. The van der Waals surface area contributed by atoms with Crippen LogP contribution in [0, 0.1) is 0 Å². The van der Waals surface area contributed by atoms with E-state index in [-0.39, 0.29) is 17.9 Å². The van der Waals surface area contributed by atoms with Crippen LogP contribution in [0.5, 0.6) is 5.75 Å². The molecule has 0 bridgehead atoms. The number of nitrogens with zero attached hydrogens (tertiary/aromatic N) is 2. The molecule has 1 saturated heterocycles. The molecule has 0 radical (unpaired) electrons. The van der Waals surface area contributed by atoms with Crippen molar-refractivity contribution in [1.82, 2.24) is 15.5 Å². The molecule has 7 heteroatoms. The van der Waals surface area contributed by atoms with Crippen molar-refractivity contribution in [2.75, 3.05) is 20.3 Å². The smallest absolute Gasteiger partial charge is 0.259 e. The minimum atomic E-state index is -0.192. The van der Waals surface area contributed by atoms with Gasteiger partial charge >= 0.3 is 0 Å². The van der Waals surface area contributed by atoms with Crippen LogP contribution in [0.15, 0.2) is 53.1 Å². The largest absolute Gasteiger partial charge is 0.496 e. The maximum absolute atomic E-state index is 12.7. The second kappa shape index (κ2) is 8.22. The average molecular weight is 379 g/mol. The van der Waals surface area contributed by atoms with Gasteiger partial charge in [-0.15, -0.1) is 0 Å². The quantitative estimate of drug-likeness (QED) is 0.707. The van der Waals surface area contributed by atoms with E-state index in [1.54, 1.807) is 19.2 Å². The Bertz CT molecular complexity index is 964. The number of ether oxygens (including phenoxy) is 2. The fourth-order valence-electron chi connectivity index (χ4n) is 3.25. The van der Waals surface area contributed by atoms with Gasteiger partial charge in [0.15, 0.2) is 0 Å². The minimum absolute atomic E-state index is 0.0802. The molecule has 0 aliphatic carbocycles. The Balaban J connectivity index is 1.58. The van der Waals surface area contributed by atoms with Crippen molar-refractivity contribution in [3.05, 3.63) is 54.1 Å². The first kappa shape index (κ1) is 18.2. The SMILES string of the molecule is COc1ccccc1-c1noc(-c2ccccc2C(=O)NC[C@H]2CCCO2)n1. The summed E-state index contributed by atoms with van der Waals surface area (Å²) in [6.07, 6.45) is 2.08. The predicted molar refractivity (Wildman–Crippen MR) is 103 cm³/mol. The Morgan fingerprint density at radius 2 is 1.96 bits per heavy atom. The van der Waals surface area contributed by atoms with Gasteiger partial charge in [0.1, 0.15) is 5.75 Å². The first-order valence-corrected chi connectivity index (χ1v) is 9.22. The molecule has 0 unspecified atom stereocenters. The maximum Gasteiger partial charge on any atom is 0.259 e. The fraction of sp³-hybridized carbons (Fsp3) is 0.286. The molecule has 1 aliphatic rings. The van der Waals surface area contributed by atoms with Gasteiger partial charge in [0.2, 0.25) is 5.82 Å². The van der Waals surface area contributed by atoms with Crippen molar-refractivity contribution >= 4 is 5.91 Å². The molecule has 1 aliphatic heterocycles. The molecule has 3 aromatic rings. The van der Waals surface area contributed by atoms with Crippen molar-refractivity contribution < 1.29 is 18.8 Å². The number of rotatable bonds is 6. The molecule has 144 valence electrons. The fourth-order valence-corrected chi connectivity index (χ4v) is 3.25. The number of benzene rings is 2. The third-order valence-electron chi connectivity index (χ3n) is 4.69. The summed E-state index contributed by atoms with van der Waals surface area (Å²) in [5.41, 5.74) is 1.79. The molecule has 0 saturated carbocycles. The second-order valence-electron chi connectivity index (χ2n) is 6.51. The van der Waals surface area contributed by atoms with E-state index in [0.717, 1.165) is 25.0 Å². The number of hydrogen-bond acceptors (Lipinski definition) is 6. The molecule has 1 N–H and O–H groups in total. The van der Waals surface area contributed by atoms with E-state index >= 15 is 0 Å². The lowest BCUT2D eigenvalue weighted by atomic mass is 10.1. The van der Waals surface area contributed by atoms with Crippen LogP contribution in [-0.2, 0) is 4.74 Å². The van der Waals surface area contributed by atoms with Crippen LogP contribution in [0.4, 0.5) is 0 Å². The molecule has 7 nitrogen and oxygen atoms in total. The zero-order valence-electron chi connectivity index (χ0n) is 15.6. The molecular formula is C21H21N3O4. The third-order valence-corrected chi connectivity index (χ3v) is 4.69. The van der Waals surface area contributed by atoms with E-state index in [9.17, 15) is 4.79 Å². The number of hydrogen-bond donors (Lipinski definition) is 1. The normalized spacial score (nSPS) is 16.1. The van der Waals surface area contributed by atoms with Gasteiger partial charge in [0.05, 0.1) is 29.9 Å². The van der Waals surface area contributed by atoms with Gasteiger partial charge in [-0.2, -0.15) is 4.98 Å². The number of carbonyl (C=O) groups excluding carboxylic acids is 1. The highest BCUT2D eigenvalue weighted by atomic mass is 16.5. The Hall–Kier alpha value is -3.19. The Kier molecular flexibility index (Phi) is 5.34. The monoisotopic (exact) mass is 379 g/mol. The van der Waals surface area contributed by atoms with Crippen molar-refractivity contribution in [1.29, 1.82) is 0 Å². The van der Waals surface area contributed by atoms with Gasteiger partial charge in [-0.25, -0.2) is 0 Å². The van der Waals surface area contributed by atoms with Gasteiger partial charge < -0.3 is 19.3 Å². The summed E-state index contributed by atoms with van der Waals surface area (Å²) in [6.45, 7) is 1.24. The summed E-state index contributed by atoms with van der Waals surface area (Å²) < 4.78 is 16.4. The number of methoxy groups -OCH3 is 1. The summed E-state index contributed by atoms with van der Waals surface area (Å²) >= 11 is 0. The van der Waals surface area contributed by atoms with Crippen LogP contribution >= 0.6 is 0 Å². The van der Waals surface area contributed by atoms with E-state index in [1.165, 1.54) is 0 Å². The lowest BCUT2D eigenvalue weighted by molar-refractivity contribution is 0.0858. The van der Waals surface area contributed by atoms with Crippen molar-refractivity contribution in [3.8, 4) is 28.6 Å². The zero-order valence-corrected chi connectivity index (χ0v) is 15.6. The Labute approximate surface area is 162 Å².